The van der Waals surface area contributed by atoms with Crippen LogP contribution in [0.5, 0.6) is 0 Å². The van der Waals surface area contributed by atoms with Crippen molar-refractivity contribution in [2.45, 2.75) is 101 Å². The fraction of sp³-hybridized carbons (Fsp3) is 0.295. The van der Waals surface area contributed by atoms with Crippen LogP contribution in [0, 0.1) is 27.1 Å². The van der Waals surface area contributed by atoms with Crippen LogP contribution >= 0.6 is 68.3 Å². The summed E-state index contributed by atoms with van der Waals surface area (Å²) in [5.41, 5.74) is 13.6. The number of aromatic amines is 1. The van der Waals surface area contributed by atoms with Crippen LogP contribution in [0.15, 0.2) is 165 Å². The molecule has 8 N–H and O–H groups in total. The summed E-state index contributed by atoms with van der Waals surface area (Å²) in [6, 6.07) is 36.6. The second-order valence-corrected chi connectivity index (χ2v) is 39.2. The van der Waals surface area contributed by atoms with Crippen molar-refractivity contribution >= 4 is 149 Å². The third kappa shape index (κ3) is 20.5. The molecule has 0 unspecified atom stereocenters. The number of amides is 6. The summed E-state index contributed by atoms with van der Waals surface area (Å²) in [7, 11) is 1.60. The zero-order chi connectivity index (χ0) is 86.4. The lowest BCUT2D eigenvalue weighted by molar-refractivity contribution is 0.0941. The predicted molar refractivity (Wildman–Crippen MR) is 482 cm³/mol. The monoisotopic (exact) mass is 1770 g/mol. The number of benzene rings is 2. The summed E-state index contributed by atoms with van der Waals surface area (Å²) in [6.45, 7) is 24.8. The van der Waals surface area contributed by atoms with E-state index >= 15 is 0 Å². The van der Waals surface area contributed by atoms with E-state index < -0.39 is 11.6 Å². The zero-order valence-corrected chi connectivity index (χ0v) is 74.3. The number of hydrogen-bond donors (Lipinski definition) is 8. The molecule has 6 amide bonds. The van der Waals surface area contributed by atoms with Crippen LogP contribution in [0.3, 0.4) is 0 Å². The molecular weight excluding hydrogens is 1680 g/mol. The summed E-state index contributed by atoms with van der Waals surface area (Å²) in [6.07, 6.45) is 18.3. The van der Waals surface area contributed by atoms with E-state index in [1.165, 1.54) is 56.7 Å². The maximum Gasteiger partial charge on any atom is 0.335 e. The third-order valence-corrected chi connectivity index (χ3v) is 26.4. The average Bonchev–Trinajstić information content (AvgIpc) is 1.62. The van der Waals surface area contributed by atoms with Gasteiger partial charge < -0.3 is 46.8 Å². The van der Waals surface area contributed by atoms with Crippen LogP contribution in [0.25, 0.3) is 80.6 Å². The topological polar surface area (TPSA) is 370 Å². The number of carbonyl (C=O) groups excluding carboxylic acids is 6. The molecule has 0 bridgehead atoms. The third-order valence-electron chi connectivity index (χ3n) is 20.5. The van der Waals surface area contributed by atoms with Gasteiger partial charge in [0, 0.05) is 145 Å². The molecule has 0 fully saturated rings. The SMILES string of the molecule is CC1(C)CNC(=O)c2sc(-c3ccnc(Cl)c3)nc2C1.CC1(C)CNC(=O)c2sc(-c3ccnc4[nH]ccc34)nc2C1.CC1(C)CNC(=O)c2sc(-c3ccnc4c3ccn4-c3ccccc3)nc2C1.CC1(C)CNC(=O)c2sc(-c3ccncc3)nc2C1.CNC(=O)c1ccc(Nc2cc(-c3nc4c(s3)C(=O)NCC(C)(C)C4)ccn2)cc1.O=S=O. The van der Waals surface area contributed by atoms with Crippen LogP contribution in [0.4, 0.5) is 11.5 Å². The first-order valence-electron chi connectivity index (χ1n) is 39.1. The second kappa shape index (κ2) is 36.4. The van der Waals surface area contributed by atoms with Gasteiger partial charge in [-0.2, -0.15) is 8.42 Å². The van der Waals surface area contributed by atoms with Gasteiger partial charge in [0.15, 0.2) is 0 Å². The standard InChI is InChI=1S/C22H23N5O2S.C22H20N4OS.C16H16N4OS.C14H14ClN3OS.C14H15N3OS.O2S/c1-22(2)11-16-18(20(29)25-12-22)30-21(27-16)14-8-9-24-17(10-14)26-15-6-4-13(5-7-15)19(28)23-3;1-22(2)12-17-18(20(27)24-13-22)28-21(25-17)16-8-10-23-19-15(16)9-11-26(19)14-6-4-3-5-7-14;1-16(2)7-11-12(14(21)19-8-16)22-15(20-11)10-4-6-18-13-9(10)3-5-17-13;1-14(2)6-9-11(12(19)17-7-14)20-13(18-9)8-3-4-16-10(15)5-8;1-14(2)7-10-11(12(18)16-8-14)19-13(17-10)9-3-5-15-6-4-9;1-3-2/h4-10H,11-12H2,1-3H3,(H,23,28)(H,24,26)(H,25,29);3-11H,12-13H2,1-2H3,(H,24,27);3-6H,7-8H2,1-2H3,(H,17,18)(H,19,21);3-5H,6-7H2,1-2H3,(H,17,19);3-6H,7-8H2,1-2H3,(H,16,18);. The van der Waals surface area contributed by atoms with Crippen molar-refractivity contribution in [3.63, 3.8) is 0 Å². The molecule has 5 aliphatic heterocycles. The number of rotatable bonds is 9. The van der Waals surface area contributed by atoms with E-state index in [9.17, 15) is 28.8 Å². The van der Waals surface area contributed by atoms with E-state index in [2.05, 4.69) is 169 Å². The van der Waals surface area contributed by atoms with Crippen LogP contribution in [-0.2, 0) is 43.7 Å². The Hall–Kier alpha value is -11.9. The molecule has 19 rings (SSSR count). The number of nitrogens with one attached hydrogen (secondary N) is 8. The quantitative estimate of drug-likeness (QED) is 0.0622. The molecule has 14 aromatic rings. The Balaban J connectivity index is 0.000000125. The van der Waals surface area contributed by atoms with Crippen LogP contribution in [-0.4, -0.2) is 143 Å². The van der Waals surface area contributed by atoms with Gasteiger partial charge in [0.1, 0.15) is 71.7 Å². The van der Waals surface area contributed by atoms with E-state index in [0.717, 1.165) is 162 Å². The van der Waals surface area contributed by atoms with Gasteiger partial charge in [-0.3, -0.25) is 33.8 Å². The van der Waals surface area contributed by atoms with Gasteiger partial charge in [0.2, 0.25) is 0 Å². The Morgan fingerprint density at radius 1 is 0.443 bits per heavy atom. The van der Waals surface area contributed by atoms with E-state index in [0.29, 0.717) is 59.0 Å². The maximum absolute atomic E-state index is 12.5. The largest absolute Gasteiger partial charge is 0.355 e. The van der Waals surface area contributed by atoms with Gasteiger partial charge in [-0.05, 0) is 156 Å². The molecule has 122 heavy (non-hydrogen) atoms. The number of anilines is 2. The Kier molecular flexibility index (Phi) is 25.9. The predicted octanol–water partition coefficient (Wildman–Crippen LogP) is 16.1. The van der Waals surface area contributed by atoms with E-state index in [1.54, 1.807) is 56.2 Å². The summed E-state index contributed by atoms with van der Waals surface area (Å²) < 4.78 is 18.7. The minimum Gasteiger partial charge on any atom is -0.355 e. The lowest BCUT2D eigenvalue weighted by Crippen LogP contribution is -2.31. The van der Waals surface area contributed by atoms with E-state index in [1.807, 2.05) is 97.5 Å². The first-order valence-corrected chi connectivity index (χ1v) is 44.3. The van der Waals surface area contributed by atoms with Crippen molar-refractivity contribution < 1.29 is 37.2 Å². The van der Waals surface area contributed by atoms with Gasteiger partial charge in [0.25, 0.3) is 35.4 Å². The molecule has 34 heteroatoms. The number of fused-ring (bicyclic) bond motifs is 7. The fourth-order valence-electron chi connectivity index (χ4n) is 14.3. The summed E-state index contributed by atoms with van der Waals surface area (Å²) in [5, 5.41) is 27.6. The number of hydrogen-bond acceptors (Lipinski definition) is 24. The Bertz CT molecular complexity index is 6300. The molecule has 0 atom stereocenters. The first-order chi connectivity index (χ1) is 58.3. The van der Waals surface area contributed by atoms with Crippen LogP contribution in [0.1, 0.15) is 156 Å². The van der Waals surface area contributed by atoms with Crippen molar-refractivity contribution in [1.29, 1.82) is 0 Å². The van der Waals surface area contributed by atoms with Crippen molar-refractivity contribution in [3.8, 4) is 58.5 Å². The van der Waals surface area contributed by atoms with Gasteiger partial charge in [-0.15, -0.1) is 56.7 Å². The molecule has 5 aliphatic rings. The molecule has 2 aromatic carbocycles. The Morgan fingerprint density at radius 2 is 0.836 bits per heavy atom. The van der Waals surface area contributed by atoms with Gasteiger partial charge in [-0.1, -0.05) is 99.0 Å². The fourth-order valence-corrected chi connectivity index (χ4v) is 19.5. The summed E-state index contributed by atoms with van der Waals surface area (Å²) >= 11 is 12.4. The smallest absolute Gasteiger partial charge is 0.335 e. The summed E-state index contributed by atoms with van der Waals surface area (Å²) in [5.74, 6) is 0.420. The minimum absolute atomic E-state index is 0.00150. The highest BCUT2D eigenvalue weighted by molar-refractivity contribution is 7.51. The molecule has 626 valence electrons. The minimum atomic E-state index is -0.750. The highest BCUT2D eigenvalue weighted by atomic mass is 35.5. The number of pyridine rings is 5. The Morgan fingerprint density at radius 3 is 1.29 bits per heavy atom. The van der Waals surface area contributed by atoms with Crippen molar-refractivity contribution in [3.05, 3.63) is 228 Å². The molecule has 0 radical (unpaired) electrons. The van der Waals surface area contributed by atoms with Crippen LogP contribution in [0.2, 0.25) is 5.15 Å². The van der Waals surface area contributed by atoms with Crippen molar-refractivity contribution in [2.75, 3.05) is 45.1 Å². The number of aromatic nitrogens is 12. The second-order valence-electron chi connectivity index (χ2n) is 33.7. The maximum atomic E-state index is 12.5. The highest BCUT2D eigenvalue weighted by Gasteiger charge is 2.36. The number of thiazole rings is 5. The molecule has 27 nitrogen and oxygen atoms in total. The first kappa shape index (κ1) is 86.5. The molecule has 0 saturated carbocycles. The van der Waals surface area contributed by atoms with Crippen LogP contribution < -0.4 is 37.2 Å². The lowest BCUT2D eigenvalue weighted by atomic mass is 9.88. The van der Waals surface area contributed by atoms with E-state index in [-0.39, 0.29) is 62.5 Å². The lowest BCUT2D eigenvalue weighted by Gasteiger charge is -2.21. The number of H-pyrrole nitrogens is 1. The van der Waals surface area contributed by atoms with Gasteiger partial charge >= 0.3 is 11.6 Å². The highest BCUT2D eigenvalue weighted by Crippen LogP contribution is 2.42. The van der Waals surface area contributed by atoms with E-state index in [4.69, 9.17) is 35.0 Å². The molecular formula is C88H88ClN19O8S6. The van der Waals surface area contributed by atoms with Crippen molar-refractivity contribution in [1.82, 2.24) is 91.3 Å². The number of halogens is 1. The molecule has 0 saturated heterocycles. The Labute approximate surface area is 732 Å². The molecule has 17 heterocycles. The number of nitrogens with zero attached hydrogens (tertiary/aromatic N) is 11. The molecule has 12 aromatic heterocycles. The van der Waals surface area contributed by atoms with Crippen molar-refractivity contribution in [2.24, 2.45) is 27.1 Å². The average molecular weight is 1770 g/mol. The van der Waals surface area contributed by atoms with Gasteiger partial charge in [0.05, 0.1) is 28.5 Å². The number of carbonyl (C=O) groups is 6. The van der Waals surface area contributed by atoms with Gasteiger partial charge in [-0.25, -0.2) is 44.9 Å². The zero-order valence-electron chi connectivity index (χ0n) is 68.7. The summed E-state index contributed by atoms with van der Waals surface area (Å²) in [4.78, 5) is 125. The normalized spacial score (nSPS) is 16.0. The molecule has 0 aliphatic carbocycles. The number of para-hydroxylation sites is 1. The molecule has 0 spiro atoms.